The summed E-state index contributed by atoms with van der Waals surface area (Å²) >= 11 is 0. The molecule has 0 saturated heterocycles. The Morgan fingerprint density at radius 1 is 1.33 bits per heavy atom. The van der Waals surface area contributed by atoms with E-state index in [2.05, 4.69) is 10.1 Å². The second-order valence-corrected chi connectivity index (χ2v) is 4.50. The molecule has 9 heteroatoms. The third-order valence-corrected chi connectivity index (χ3v) is 2.85. The van der Waals surface area contributed by atoms with Gasteiger partial charge in [-0.2, -0.15) is 0 Å². The quantitative estimate of drug-likeness (QED) is 0.839. The Morgan fingerprint density at radius 3 is 2.52 bits per heavy atom. The van der Waals surface area contributed by atoms with Crippen LogP contribution in [0, 0.1) is 5.82 Å². The molecule has 0 heterocycles. The minimum Gasteiger partial charge on any atom is -0.490 e. The zero-order valence-corrected chi connectivity index (χ0v) is 10.5. The van der Waals surface area contributed by atoms with E-state index in [0.717, 1.165) is 18.2 Å². The Hall–Kier alpha value is -2.19. The van der Waals surface area contributed by atoms with Gasteiger partial charge in [-0.15, -0.1) is 13.2 Å². The van der Waals surface area contributed by atoms with Crippen LogP contribution in [0.2, 0.25) is 0 Å². The summed E-state index contributed by atoms with van der Waals surface area (Å²) in [6, 6.07) is 2.54. The fourth-order valence-electron chi connectivity index (χ4n) is 1.91. The molecule has 0 bridgehead atoms. The van der Waals surface area contributed by atoms with E-state index in [9.17, 15) is 22.4 Å². The Labute approximate surface area is 116 Å². The van der Waals surface area contributed by atoms with Crippen LogP contribution in [0.25, 0.3) is 0 Å². The summed E-state index contributed by atoms with van der Waals surface area (Å²) in [4.78, 5) is 10.4. The fourth-order valence-corrected chi connectivity index (χ4v) is 1.91. The van der Waals surface area contributed by atoms with Gasteiger partial charge in [0.25, 0.3) is 0 Å². The highest BCUT2D eigenvalue weighted by molar-refractivity contribution is 5.65. The number of carboxylic acid groups (broad SMARTS) is 1. The number of ether oxygens (including phenoxy) is 2. The van der Waals surface area contributed by atoms with E-state index in [1.807, 2.05) is 0 Å². The number of carbonyl (C=O) groups is 1. The number of halogens is 4. The average Bonchev–Trinajstić information content (AvgIpc) is 2.27. The molecule has 0 atom stereocenters. The summed E-state index contributed by atoms with van der Waals surface area (Å²) in [6.07, 6.45) is -5.59. The molecule has 1 aliphatic carbocycles. The minimum absolute atomic E-state index is 0.0563. The molecular formula is C12H11F4NO4. The van der Waals surface area contributed by atoms with Crippen molar-refractivity contribution in [2.45, 2.75) is 31.3 Å². The van der Waals surface area contributed by atoms with Gasteiger partial charge in [0, 0.05) is 24.9 Å². The largest absolute Gasteiger partial charge is 0.573 e. The minimum atomic E-state index is -4.97. The predicted octanol–water partition coefficient (Wildman–Crippen LogP) is 2.90. The maximum atomic E-state index is 13.4. The van der Waals surface area contributed by atoms with Crippen molar-refractivity contribution >= 4 is 6.09 Å². The standard InChI is InChI=1S/C12H11F4NO4/c13-9-5-7(1-2-10(9)21-12(14,15)16)20-8-3-6(4-8)17-11(18)19/h1-2,5-6,8,17H,3-4H2,(H,18,19). The SMILES string of the molecule is O=C(O)NC1CC(Oc2ccc(OC(F)(F)F)c(F)c2)C1. The van der Waals surface area contributed by atoms with Crippen molar-refractivity contribution in [1.29, 1.82) is 0 Å². The van der Waals surface area contributed by atoms with Gasteiger partial charge in [0.2, 0.25) is 0 Å². The van der Waals surface area contributed by atoms with Crippen molar-refractivity contribution in [3.05, 3.63) is 24.0 Å². The Morgan fingerprint density at radius 2 is 2.00 bits per heavy atom. The monoisotopic (exact) mass is 309 g/mol. The van der Waals surface area contributed by atoms with Gasteiger partial charge in [-0.1, -0.05) is 0 Å². The summed E-state index contributed by atoms with van der Waals surface area (Å²) in [5.74, 6) is -2.07. The highest BCUT2D eigenvalue weighted by Crippen LogP contribution is 2.31. The summed E-state index contributed by atoms with van der Waals surface area (Å²) in [5.41, 5.74) is 0. The van der Waals surface area contributed by atoms with Gasteiger partial charge in [-0.3, -0.25) is 0 Å². The lowest BCUT2D eigenvalue weighted by molar-refractivity contribution is -0.275. The number of alkyl halides is 3. The topological polar surface area (TPSA) is 67.8 Å². The first-order valence-electron chi connectivity index (χ1n) is 5.94. The molecule has 1 amide bonds. The zero-order chi connectivity index (χ0) is 15.6. The van der Waals surface area contributed by atoms with Gasteiger partial charge in [0.15, 0.2) is 11.6 Å². The Balaban J connectivity index is 1.88. The van der Waals surface area contributed by atoms with Gasteiger partial charge < -0.3 is 19.9 Å². The first-order valence-corrected chi connectivity index (χ1v) is 5.94. The first kappa shape index (κ1) is 15.2. The van der Waals surface area contributed by atoms with Crippen LogP contribution in [0.4, 0.5) is 22.4 Å². The van der Waals surface area contributed by atoms with E-state index in [-0.39, 0.29) is 17.9 Å². The predicted molar refractivity (Wildman–Crippen MR) is 61.7 cm³/mol. The molecule has 2 rings (SSSR count). The Kier molecular flexibility index (Phi) is 4.10. The number of amides is 1. The van der Waals surface area contributed by atoms with Crippen LogP contribution in [0.3, 0.4) is 0 Å². The average molecular weight is 309 g/mol. The van der Waals surface area contributed by atoms with Crippen LogP contribution < -0.4 is 14.8 Å². The number of benzene rings is 1. The van der Waals surface area contributed by atoms with E-state index in [1.165, 1.54) is 0 Å². The molecule has 0 radical (unpaired) electrons. The lowest BCUT2D eigenvalue weighted by atomic mass is 9.89. The molecule has 2 N–H and O–H groups in total. The molecule has 1 aliphatic rings. The third-order valence-electron chi connectivity index (χ3n) is 2.85. The normalized spacial score (nSPS) is 21.3. The van der Waals surface area contributed by atoms with Gasteiger partial charge in [0.05, 0.1) is 0 Å². The lowest BCUT2D eigenvalue weighted by Crippen LogP contribution is -2.48. The van der Waals surface area contributed by atoms with Crippen molar-refractivity contribution < 1.29 is 36.9 Å². The first-order chi connectivity index (χ1) is 9.73. The third kappa shape index (κ3) is 4.40. The smallest absolute Gasteiger partial charge is 0.490 e. The van der Waals surface area contributed by atoms with Crippen molar-refractivity contribution in [2.24, 2.45) is 0 Å². The molecule has 0 aromatic heterocycles. The lowest BCUT2D eigenvalue weighted by Gasteiger charge is -2.35. The molecule has 116 valence electrons. The van der Waals surface area contributed by atoms with Gasteiger partial charge in [-0.25, -0.2) is 9.18 Å². The van der Waals surface area contributed by atoms with Crippen LogP contribution in [-0.4, -0.2) is 29.7 Å². The molecule has 1 aromatic carbocycles. The highest BCUT2D eigenvalue weighted by atomic mass is 19.4. The van der Waals surface area contributed by atoms with Gasteiger partial charge in [0.1, 0.15) is 11.9 Å². The van der Waals surface area contributed by atoms with E-state index in [1.54, 1.807) is 0 Å². The highest BCUT2D eigenvalue weighted by Gasteiger charge is 2.34. The van der Waals surface area contributed by atoms with Gasteiger partial charge in [-0.05, 0) is 12.1 Å². The van der Waals surface area contributed by atoms with Crippen LogP contribution in [0.1, 0.15) is 12.8 Å². The van der Waals surface area contributed by atoms with Crippen LogP contribution in [-0.2, 0) is 0 Å². The van der Waals surface area contributed by atoms with E-state index >= 15 is 0 Å². The van der Waals surface area contributed by atoms with Crippen molar-refractivity contribution in [3.8, 4) is 11.5 Å². The number of rotatable bonds is 4. The maximum Gasteiger partial charge on any atom is 0.573 e. The van der Waals surface area contributed by atoms with Gasteiger partial charge >= 0.3 is 12.5 Å². The molecule has 0 spiro atoms. The molecule has 21 heavy (non-hydrogen) atoms. The molecule has 0 aliphatic heterocycles. The van der Waals surface area contributed by atoms with Crippen molar-refractivity contribution in [2.75, 3.05) is 0 Å². The van der Waals surface area contributed by atoms with Crippen molar-refractivity contribution in [3.63, 3.8) is 0 Å². The van der Waals surface area contributed by atoms with Crippen LogP contribution in [0.15, 0.2) is 18.2 Å². The molecule has 1 fully saturated rings. The molecule has 0 unspecified atom stereocenters. The molecule has 5 nitrogen and oxygen atoms in total. The fraction of sp³-hybridized carbons (Fsp3) is 0.417. The van der Waals surface area contributed by atoms with E-state index in [4.69, 9.17) is 9.84 Å². The molecular weight excluding hydrogens is 298 g/mol. The number of hydrogen-bond donors (Lipinski definition) is 2. The summed E-state index contributed by atoms with van der Waals surface area (Å²) < 4.78 is 58.1. The second-order valence-electron chi connectivity index (χ2n) is 4.50. The van der Waals surface area contributed by atoms with E-state index < -0.39 is 24.0 Å². The summed E-state index contributed by atoms with van der Waals surface area (Å²) in [5, 5.41) is 10.7. The second kappa shape index (κ2) is 5.66. The summed E-state index contributed by atoms with van der Waals surface area (Å²) in [6.45, 7) is 0. The zero-order valence-electron chi connectivity index (χ0n) is 10.5. The number of nitrogens with one attached hydrogen (secondary N) is 1. The van der Waals surface area contributed by atoms with Crippen LogP contribution in [0.5, 0.6) is 11.5 Å². The van der Waals surface area contributed by atoms with Crippen LogP contribution >= 0.6 is 0 Å². The molecule has 1 saturated carbocycles. The van der Waals surface area contributed by atoms with Crippen molar-refractivity contribution in [1.82, 2.24) is 5.32 Å². The Bertz CT molecular complexity index is 528. The maximum absolute atomic E-state index is 13.4. The molecule has 1 aromatic rings. The van der Waals surface area contributed by atoms with E-state index in [0.29, 0.717) is 12.8 Å². The summed E-state index contributed by atoms with van der Waals surface area (Å²) in [7, 11) is 0. The number of hydrogen-bond acceptors (Lipinski definition) is 3.